The van der Waals surface area contributed by atoms with Gasteiger partial charge in [-0.05, 0) is 56.7 Å². The van der Waals surface area contributed by atoms with Gasteiger partial charge in [0.25, 0.3) is 0 Å². The topological polar surface area (TPSA) is 15.3 Å². The minimum absolute atomic E-state index is 0.512. The van der Waals surface area contributed by atoms with E-state index in [0.29, 0.717) is 6.04 Å². The second kappa shape index (κ2) is 7.42. The Balaban J connectivity index is 1.63. The summed E-state index contributed by atoms with van der Waals surface area (Å²) in [6, 6.07) is 12.3. The van der Waals surface area contributed by atoms with Crippen LogP contribution in [0.1, 0.15) is 57.1 Å². The van der Waals surface area contributed by atoms with Crippen molar-refractivity contribution in [2.75, 3.05) is 19.6 Å². The fourth-order valence-electron chi connectivity index (χ4n) is 4.11. The van der Waals surface area contributed by atoms with Crippen LogP contribution in [0.2, 0.25) is 0 Å². The monoisotopic (exact) mass is 286 g/mol. The van der Waals surface area contributed by atoms with Gasteiger partial charge in [-0.3, -0.25) is 4.90 Å². The van der Waals surface area contributed by atoms with Crippen molar-refractivity contribution >= 4 is 0 Å². The zero-order chi connectivity index (χ0) is 14.5. The molecule has 1 saturated heterocycles. The smallest absolute Gasteiger partial charge is 0.0449 e. The highest BCUT2D eigenvalue weighted by Gasteiger charge is 2.28. The molecular formula is C19H30N2. The summed E-state index contributed by atoms with van der Waals surface area (Å²) in [6.07, 6.45) is 8.39. The van der Waals surface area contributed by atoms with E-state index in [1.807, 2.05) is 0 Å². The van der Waals surface area contributed by atoms with Crippen LogP contribution in [0, 0.1) is 5.92 Å². The number of nitrogens with zero attached hydrogens (tertiary/aromatic N) is 1. The molecule has 0 amide bonds. The van der Waals surface area contributed by atoms with E-state index in [4.69, 9.17) is 0 Å². The second-order valence-corrected chi connectivity index (χ2v) is 6.85. The highest BCUT2D eigenvalue weighted by molar-refractivity contribution is 5.19. The first-order valence-electron chi connectivity index (χ1n) is 8.89. The van der Waals surface area contributed by atoms with Crippen molar-refractivity contribution in [1.29, 1.82) is 0 Å². The Labute approximate surface area is 129 Å². The van der Waals surface area contributed by atoms with E-state index in [-0.39, 0.29) is 0 Å². The lowest BCUT2D eigenvalue weighted by Crippen LogP contribution is -2.41. The van der Waals surface area contributed by atoms with E-state index in [9.17, 15) is 0 Å². The predicted molar refractivity (Wildman–Crippen MR) is 89.4 cm³/mol. The molecular weight excluding hydrogens is 256 g/mol. The average molecular weight is 286 g/mol. The third-order valence-corrected chi connectivity index (χ3v) is 5.54. The molecule has 1 saturated carbocycles. The van der Waals surface area contributed by atoms with Crippen LogP contribution in [0.25, 0.3) is 0 Å². The second-order valence-electron chi connectivity index (χ2n) is 6.85. The van der Waals surface area contributed by atoms with E-state index in [0.717, 1.165) is 18.5 Å². The van der Waals surface area contributed by atoms with E-state index in [1.54, 1.807) is 0 Å². The first kappa shape index (κ1) is 15.1. The van der Waals surface area contributed by atoms with E-state index >= 15 is 0 Å². The van der Waals surface area contributed by atoms with Crippen LogP contribution in [0.15, 0.2) is 30.3 Å². The van der Waals surface area contributed by atoms with Crippen LogP contribution in [0.5, 0.6) is 0 Å². The lowest BCUT2D eigenvalue weighted by Gasteiger charge is -2.37. The number of hydrogen-bond donors (Lipinski definition) is 1. The maximum Gasteiger partial charge on any atom is 0.0449 e. The largest absolute Gasteiger partial charge is 0.309 e. The Bertz CT molecular complexity index is 409. The van der Waals surface area contributed by atoms with Crippen molar-refractivity contribution in [3.63, 3.8) is 0 Å². The lowest BCUT2D eigenvalue weighted by atomic mass is 9.83. The Morgan fingerprint density at radius 1 is 1.10 bits per heavy atom. The van der Waals surface area contributed by atoms with Crippen molar-refractivity contribution in [2.45, 2.75) is 57.5 Å². The fraction of sp³-hybridized carbons (Fsp3) is 0.684. The van der Waals surface area contributed by atoms with Crippen molar-refractivity contribution in [2.24, 2.45) is 5.92 Å². The van der Waals surface area contributed by atoms with Gasteiger partial charge in [0, 0.05) is 18.6 Å². The van der Waals surface area contributed by atoms with Crippen LogP contribution in [-0.4, -0.2) is 30.6 Å². The van der Waals surface area contributed by atoms with Crippen LogP contribution >= 0.6 is 0 Å². The van der Waals surface area contributed by atoms with Gasteiger partial charge in [-0.15, -0.1) is 0 Å². The molecule has 0 radical (unpaired) electrons. The maximum absolute atomic E-state index is 3.75. The van der Waals surface area contributed by atoms with Crippen molar-refractivity contribution in [1.82, 2.24) is 10.2 Å². The summed E-state index contributed by atoms with van der Waals surface area (Å²) in [5, 5.41) is 3.75. The third-order valence-electron chi connectivity index (χ3n) is 5.54. The summed E-state index contributed by atoms with van der Waals surface area (Å²) in [5.41, 5.74) is 1.45. The molecule has 0 bridgehead atoms. The van der Waals surface area contributed by atoms with E-state index in [2.05, 4.69) is 47.5 Å². The molecule has 1 aliphatic heterocycles. The molecule has 1 unspecified atom stereocenters. The zero-order valence-electron chi connectivity index (χ0n) is 13.4. The normalized spacial score (nSPS) is 31.8. The molecule has 1 aromatic carbocycles. The lowest BCUT2D eigenvalue weighted by molar-refractivity contribution is 0.133. The molecule has 1 aliphatic carbocycles. The van der Waals surface area contributed by atoms with Gasteiger partial charge in [-0.2, -0.15) is 0 Å². The SMILES string of the molecule is CCC1CCC(N2CCCNC(c3ccccc3)C2)CC1. The summed E-state index contributed by atoms with van der Waals surface area (Å²) in [6.45, 7) is 5.97. The van der Waals surface area contributed by atoms with Crippen LogP contribution in [0.4, 0.5) is 0 Å². The number of rotatable bonds is 3. The molecule has 2 fully saturated rings. The summed E-state index contributed by atoms with van der Waals surface area (Å²) < 4.78 is 0. The molecule has 116 valence electrons. The van der Waals surface area contributed by atoms with Gasteiger partial charge in [0.1, 0.15) is 0 Å². The van der Waals surface area contributed by atoms with Crippen molar-refractivity contribution in [3.05, 3.63) is 35.9 Å². The Kier molecular flexibility index (Phi) is 5.32. The molecule has 0 aromatic heterocycles. The number of benzene rings is 1. The molecule has 21 heavy (non-hydrogen) atoms. The van der Waals surface area contributed by atoms with Gasteiger partial charge >= 0.3 is 0 Å². The van der Waals surface area contributed by atoms with E-state index < -0.39 is 0 Å². The predicted octanol–water partition coefficient (Wildman–Crippen LogP) is 3.99. The summed E-state index contributed by atoms with van der Waals surface area (Å²) >= 11 is 0. The summed E-state index contributed by atoms with van der Waals surface area (Å²) in [4.78, 5) is 2.78. The van der Waals surface area contributed by atoms with Crippen LogP contribution in [0.3, 0.4) is 0 Å². The van der Waals surface area contributed by atoms with Gasteiger partial charge in [0.15, 0.2) is 0 Å². The molecule has 1 heterocycles. The molecule has 3 rings (SSSR count). The molecule has 0 spiro atoms. The Morgan fingerprint density at radius 3 is 2.57 bits per heavy atom. The highest BCUT2D eigenvalue weighted by atomic mass is 15.2. The zero-order valence-corrected chi connectivity index (χ0v) is 13.4. The molecule has 2 nitrogen and oxygen atoms in total. The first-order valence-corrected chi connectivity index (χ1v) is 8.89. The quantitative estimate of drug-likeness (QED) is 0.904. The van der Waals surface area contributed by atoms with Crippen molar-refractivity contribution < 1.29 is 0 Å². The highest BCUT2D eigenvalue weighted by Crippen LogP contribution is 2.31. The molecule has 2 aliphatic rings. The van der Waals surface area contributed by atoms with Gasteiger partial charge in [-0.1, -0.05) is 43.7 Å². The minimum atomic E-state index is 0.512. The van der Waals surface area contributed by atoms with Crippen LogP contribution < -0.4 is 5.32 Å². The van der Waals surface area contributed by atoms with Gasteiger partial charge in [0.2, 0.25) is 0 Å². The summed E-state index contributed by atoms with van der Waals surface area (Å²) in [5.74, 6) is 0.997. The minimum Gasteiger partial charge on any atom is -0.309 e. The standard InChI is InChI=1S/C19H30N2/c1-2-16-9-11-18(12-10-16)21-14-6-13-20-19(15-21)17-7-4-3-5-8-17/h3-5,7-8,16,18-20H,2,6,9-15H2,1H3. The van der Waals surface area contributed by atoms with Crippen molar-refractivity contribution in [3.8, 4) is 0 Å². The number of nitrogens with one attached hydrogen (secondary N) is 1. The van der Waals surface area contributed by atoms with E-state index in [1.165, 1.54) is 57.2 Å². The molecule has 1 aromatic rings. The van der Waals surface area contributed by atoms with Gasteiger partial charge < -0.3 is 5.32 Å². The number of hydrogen-bond acceptors (Lipinski definition) is 2. The fourth-order valence-corrected chi connectivity index (χ4v) is 4.11. The third kappa shape index (κ3) is 3.87. The molecule has 1 N–H and O–H groups in total. The van der Waals surface area contributed by atoms with Gasteiger partial charge in [-0.25, -0.2) is 0 Å². The molecule has 1 atom stereocenters. The average Bonchev–Trinajstić information content (AvgIpc) is 2.82. The Hall–Kier alpha value is -0.860. The summed E-state index contributed by atoms with van der Waals surface area (Å²) in [7, 11) is 0. The Morgan fingerprint density at radius 2 is 1.86 bits per heavy atom. The van der Waals surface area contributed by atoms with Crippen LogP contribution in [-0.2, 0) is 0 Å². The maximum atomic E-state index is 3.75. The molecule has 2 heteroatoms. The first-order chi connectivity index (χ1) is 10.4. The van der Waals surface area contributed by atoms with Gasteiger partial charge in [0.05, 0.1) is 0 Å².